The molecule has 1 atom stereocenters. The van der Waals surface area contributed by atoms with Gasteiger partial charge in [-0.25, -0.2) is 4.79 Å². The Labute approximate surface area is 440 Å². The van der Waals surface area contributed by atoms with Crippen LogP contribution in [0, 0.1) is 44.5 Å². The van der Waals surface area contributed by atoms with Crippen molar-refractivity contribution in [3.05, 3.63) is 92.3 Å². The zero-order chi connectivity index (χ0) is 52.4. The summed E-state index contributed by atoms with van der Waals surface area (Å²) in [5.41, 5.74) is 4.63. The maximum atomic E-state index is 13.6. The van der Waals surface area contributed by atoms with Gasteiger partial charge in [-0.05, 0) is 102 Å². The number of amides is 3. The normalized spacial score (nSPS) is 12.8. The zero-order valence-corrected chi connectivity index (χ0v) is 45.1. The molecule has 3 heterocycles. The second kappa shape index (κ2) is 31.2. The molecule has 0 spiro atoms. The van der Waals surface area contributed by atoms with Crippen LogP contribution in [-0.2, 0) is 38.0 Å². The molecule has 0 saturated heterocycles. The number of nitrogens with zero attached hydrogens (tertiary/aromatic N) is 5. The largest absolute Gasteiger partial charge is 0.444 e. The molecule has 3 amide bonds. The molecule has 16 nitrogen and oxygen atoms in total. The summed E-state index contributed by atoms with van der Waals surface area (Å²) in [7, 11) is 0. The predicted molar refractivity (Wildman–Crippen MR) is 286 cm³/mol. The topological polar surface area (TPSA) is 177 Å². The van der Waals surface area contributed by atoms with Crippen molar-refractivity contribution < 1.29 is 42.8 Å². The molecule has 2 N–H and O–H groups in total. The van der Waals surface area contributed by atoms with Crippen LogP contribution in [0.4, 0.5) is 10.5 Å². The minimum atomic E-state index is -0.594. The summed E-state index contributed by atoms with van der Waals surface area (Å²) in [4.78, 5) is 46.6. The molecule has 18 heteroatoms. The third kappa shape index (κ3) is 20.3. The van der Waals surface area contributed by atoms with Gasteiger partial charge in [0.15, 0.2) is 5.82 Å². The predicted octanol–water partition coefficient (Wildman–Crippen LogP) is 8.98. The molecular weight excluding hydrogens is 970 g/mol. The first-order valence-corrected chi connectivity index (χ1v) is 26.3. The van der Waals surface area contributed by atoms with Gasteiger partial charge >= 0.3 is 6.09 Å². The van der Waals surface area contributed by atoms with Gasteiger partial charge in [-0.15, -0.1) is 21.5 Å². The average molecular weight is 1040 g/mol. The molecule has 0 unspecified atom stereocenters. The Balaban J connectivity index is 1.02. The van der Waals surface area contributed by atoms with Crippen molar-refractivity contribution in [1.29, 1.82) is 0 Å². The van der Waals surface area contributed by atoms with Crippen LogP contribution in [0.3, 0.4) is 0 Å². The fourth-order valence-electron chi connectivity index (χ4n) is 7.47. The minimum Gasteiger partial charge on any atom is -0.444 e. The highest BCUT2D eigenvalue weighted by atomic mass is 35.5. The number of halogens is 1. The molecule has 0 aliphatic carbocycles. The number of alkyl carbamates (subject to hydrolysis) is 1. The fourth-order valence-corrected chi connectivity index (χ4v) is 8.81. The highest BCUT2D eigenvalue weighted by molar-refractivity contribution is 7.15. The number of aryl methyl sites for hydroxylation is 2. The highest BCUT2D eigenvalue weighted by Gasteiger charge is 2.32. The second-order valence-electron chi connectivity index (χ2n) is 18.3. The molecule has 394 valence electrons. The average Bonchev–Trinajstić information content (AvgIpc) is 3.83. The van der Waals surface area contributed by atoms with Crippen molar-refractivity contribution in [1.82, 2.24) is 25.0 Å². The van der Waals surface area contributed by atoms with Gasteiger partial charge < -0.3 is 44.0 Å². The van der Waals surface area contributed by atoms with Crippen LogP contribution >= 0.6 is 22.9 Å². The molecule has 0 saturated carbocycles. The van der Waals surface area contributed by atoms with Crippen LogP contribution in [0.15, 0.2) is 53.5 Å². The van der Waals surface area contributed by atoms with Crippen molar-refractivity contribution in [2.45, 2.75) is 105 Å². The second-order valence-corrected chi connectivity index (χ2v) is 19.9. The van der Waals surface area contributed by atoms with Gasteiger partial charge in [-0.3, -0.25) is 19.1 Å². The molecule has 73 heavy (non-hydrogen) atoms. The number of hydrogen-bond donors (Lipinski definition) is 2. The maximum Gasteiger partial charge on any atom is 0.407 e. The van der Waals surface area contributed by atoms with Crippen LogP contribution in [0.1, 0.15) is 117 Å². The number of aromatic nitrogens is 3. The van der Waals surface area contributed by atoms with Crippen LogP contribution in [0.25, 0.3) is 5.00 Å². The fraction of sp³-hybridized carbons (Fsp3) is 0.527. The summed E-state index contributed by atoms with van der Waals surface area (Å²) in [6, 6.07) is 14.3. The number of rotatable bonds is 29. The number of unbranched alkanes of at least 4 members (excludes halogenated alkanes) is 4. The molecule has 5 rings (SSSR count). The maximum absolute atomic E-state index is 13.6. The van der Waals surface area contributed by atoms with Gasteiger partial charge in [0.2, 0.25) is 11.8 Å². The van der Waals surface area contributed by atoms with Crippen molar-refractivity contribution in [3.63, 3.8) is 0 Å². The first kappa shape index (κ1) is 58.3. The van der Waals surface area contributed by atoms with E-state index >= 15 is 0 Å². The quantitative estimate of drug-likeness (QED) is 0.0392. The van der Waals surface area contributed by atoms with E-state index in [1.165, 1.54) is 4.88 Å². The molecule has 1 aliphatic rings. The molecule has 2 aromatic heterocycles. The molecule has 0 fully saturated rings. The van der Waals surface area contributed by atoms with E-state index in [2.05, 4.69) is 65.3 Å². The lowest BCUT2D eigenvalue weighted by atomic mass is 9.99. The monoisotopic (exact) mass is 1040 g/mol. The van der Waals surface area contributed by atoms with Gasteiger partial charge in [-0.1, -0.05) is 68.2 Å². The van der Waals surface area contributed by atoms with Crippen molar-refractivity contribution in [2.75, 3.05) is 91.0 Å². The molecule has 0 bridgehead atoms. The van der Waals surface area contributed by atoms with Gasteiger partial charge in [0.05, 0.1) is 84.7 Å². The number of aliphatic imine (C=N–C) groups is 1. The van der Waals surface area contributed by atoms with Crippen LogP contribution in [0.2, 0.25) is 5.02 Å². The van der Waals surface area contributed by atoms with E-state index in [1.54, 1.807) is 28.4 Å². The summed E-state index contributed by atoms with van der Waals surface area (Å²) >= 11 is 7.93. The molecule has 0 radical (unpaired) electrons. The van der Waals surface area contributed by atoms with E-state index in [4.69, 9.17) is 45.0 Å². The zero-order valence-electron chi connectivity index (χ0n) is 43.5. The molecule has 1 aliphatic heterocycles. The lowest BCUT2D eigenvalue weighted by Crippen LogP contribution is -2.34. The van der Waals surface area contributed by atoms with Crippen molar-refractivity contribution in [2.24, 2.45) is 4.99 Å². The number of benzene rings is 2. The third-order valence-corrected chi connectivity index (χ3v) is 12.7. The number of carbonyl (C=O) groups is 3. The van der Waals surface area contributed by atoms with Crippen molar-refractivity contribution >= 4 is 52.2 Å². The number of nitrogens with one attached hydrogen (secondary N) is 2. The van der Waals surface area contributed by atoms with Gasteiger partial charge in [0.1, 0.15) is 22.5 Å². The summed E-state index contributed by atoms with van der Waals surface area (Å²) in [6.07, 6.45) is 5.33. The molecule has 2 aromatic carbocycles. The Bertz CT molecular complexity index is 2530. The summed E-state index contributed by atoms with van der Waals surface area (Å²) < 4.78 is 35.1. The minimum absolute atomic E-state index is 0.0454. The highest BCUT2D eigenvalue weighted by Crippen LogP contribution is 2.39. The number of thiophene rings is 1. The van der Waals surface area contributed by atoms with Gasteiger partial charge in [-0.2, -0.15) is 0 Å². The summed E-state index contributed by atoms with van der Waals surface area (Å²) in [6.45, 7) is 18.8. The molecule has 4 aromatic rings. The number of ether oxygens (including phenoxy) is 6. The van der Waals surface area contributed by atoms with Gasteiger partial charge in [0, 0.05) is 51.8 Å². The van der Waals surface area contributed by atoms with Crippen LogP contribution < -0.4 is 10.6 Å². The number of anilines is 1. The lowest BCUT2D eigenvalue weighted by molar-refractivity contribution is -0.131. The standard InChI is InChI=1S/C55H72ClN7O9S/c1-8-9-10-11-14-17-49(65)62(28-30-68-32-34-70-36-38-71-37-35-69-33-31-67-29-26-57-54(66)72-55(5,6)7)27-15-12-13-16-43-18-24-46(25-19-43)58-48(64)39-47-52-61-60-42(4)63(52)53-50(40(2)41(3)73-53)51(59-47)44-20-22-45(56)23-21-44/h18-25,47H,8-11,14,17,26-39H2,1-7H3,(H,57,66)(H,58,64)/t47-/m0/s1. The van der Waals surface area contributed by atoms with Gasteiger partial charge in [0.25, 0.3) is 0 Å². The van der Waals surface area contributed by atoms with E-state index in [-0.39, 0.29) is 24.8 Å². The van der Waals surface area contributed by atoms with E-state index < -0.39 is 17.7 Å². The summed E-state index contributed by atoms with van der Waals surface area (Å²) in [5, 5.41) is 16.2. The number of hydrogen-bond acceptors (Lipinski definition) is 13. The van der Waals surface area contributed by atoms with E-state index in [0.717, 1.165) is 70.9 Å². The number of fused-ring (bicyclic) bond motifs is 3. The smallest absolute Gasteiger partial charge is 0.407 e. The SMILES string of the molecule is CCCCCCCC(=O)N(CC#CC#Cc1ccc(NC(=O)C[C@@H]2N=C(c3ccc(Cl)cc3)c3c(sc(C)c3C)-n3c(C)nnc32)cc1)CCOCCOCCOCCOCCOCCNC(=O)OC(C)(C)C. The Morgan fingerprint density at radius 3 is 2.07 bits per heavy atom. The Morgan fingerprint density at radius 2 is 1.42 bits per heavy atom. The Kier molecular flexibility index (Phi) is 24.9. The summed E-state index contributed by atoms with van der Waals surface area (Å²) in [5.74, 6) is 13.1. The van der Waals surface area contributed by atoms with E-state index in [9.17, 15) is 14.4 Å². The van der Waals surface area contributed by atoms with Crippen LogP contribution in [0.5, 0.6) is 0 Å². The third-order valence-electron chi connectivity index (χ3n) is 11.3. The van der Waals surface area contributed by atoms with E-state index in [0.29, 0.717) is 102 Å². The van der Waals surface area contributed by atoms with Crippen molar-refractivity contribution in [3.8, 4) is 28.7 Å². The Morgan fingerprint density at radius 1 is 0.795 bits per heavy atom. The lowest BCUT2D eigenvalue weighted by Gasteiger charge is -2.20. The first-order chi connectivity index (χ1) is 35.2. The molecular formula is C55H72ClN7O9S. The number of carbonyl (C=O) groups excluding carboxylic acids is 3. The Hall–Kier alpha value is -5.63. The van der Waals surface area contributed by atoms with E-state index in [1.807, 2.05) is 68.7 Å². The van der Waals surface area contributed by atoms with Crippen LogP contribution in [-0.4, -0.2) is 135 Å². The first-order valence-electron chi connectivity index (χ1n) is 25.1.